The van der Waals surface area contributed by atoms with Crippen LogP contribution in [0.5, 0.6) is 11.5 Å². The van der Waals surface area contributed by atoms with E-state index in [1.165, 1.54) is 30.2 Å². The van der Waals surface area contributed by atoms with Gasteiger partial charge in [0.2, 0.25) is 0 Å². The van der Waals surface area contributed by atoms with Crippen LogP contribution in [-0.2, 0) is 13.1 Å². The molecule has 0 aliphatic heterocycles. The number of aryl methyl sites for hydroxylation is 1. The molecule has 1 amide bonds. The van der Waals surface area contributed by atoms with Crippen molar-refractivity contribution in [1.29, 1.82) is 0 Å². The highest BCUT2D eigenvalue weighted by Crippen LogP contribution is 2.30. The molecule has 0 fully saturated rings. The highest BCUT2D eigenvalue weighted by molar-refractivity contribution is 9.10. The Morgan fingerprint density at radius 3 is 2.68 bits per heavy atom. The molecule has 0 radical (unpaired) electrons. The van der Waals surface area contributed by atoms with Crippen LogP contribution in [0, 0.1) is 0 Å². The first-order chi connectivity index (χ1) is 11.8. The van der Waals surface area contributed by atoms with Crippen LogP contribution in [0.15, 0.2) is 28.9 Å². The fourth-order valence-electron chi connectivity index (χ4n) is 2.22. The monoisotopic (exact) mass is 417 g/mol. The lowest BCUT2D eigenvalue weighted by atomic mass is 10.1. The van der Waals surface area contributed by atoms with Gasteiger partial charge in [0.1, 0.15) is 0 Å². The Labute approximate surface area is 152 Å². The molecule has 0 atom stereocenters. The van der Waals surface area contributed by atoms with Crippen molar-refractivity contribution in [2.45, 2.75) is 26.6 Å². The van der Waals surface area contributed by atoms with E-state index < -0.39 is 6.61 Å². The molecule has 1 heterocycles. The van der Waals surface area contributed by atoms with Crippen molar-refractivity contribution in [3.8, 4) is 11.5 Å². The van der Waals surface area contributed by atoms with Gasteiger partial charge in [-0.15, -0.1) is 0 Å². The van der Waals surface area contributed by atoms with Gasteiger partial charge in [0.25, 0.3) is 5.91 Å². The smallest absolute Gasteiger partial charge is 0.387 e. The largest absolute Gasteiger partial charge is 0.493 e. The highest BCUT2D eigenvalue weighted by Gasteiger charge is 2.18. The van der Waals surface area contributed by atoms with E-state index in [1.807, 2.05) is 13.1 Å². The molecule has 25 heavy (non-hydrogen) atoms. The summed E-state index contributed by atoms with van der Waals surface area (Å²) in [4.78, 5) is 14.1. The zero-order valence-electron chi connectivity index (χ0n) is 14.0. The minimum absolute atomic E-state index is 0.0657. The number of alkyl halides is 2. The Bertz CT molecular complexity index is 752. The predicted octanol–water partition coefficient (Wildman–Crippen LogP) is 3.55. The van der Waals surface area contributed by atoms with Crippen LogP contribution in [0.2, 0.25) is 0 Å². The minimum atomic E-state index is -2.97. The maximum absolute atomic E-state index is 12.6. The number of hydrogen-bond donors (Lipinski definition) is 0. The van der Waals surface area contributed by atoms with Crippen molar-refractivity contribution in [2.24, 2.45) is 0 Å². The number of nitrogens with zero attached hydrogens (tertiary/aromatic N) is 3. The standard InChI is InChI=1S/C16H18BrF2N3O3/c1-4-22-8-11(17)12(20-22)9-21(2)15(23)10-5-6-13(25-16(18)19)14(7-10)24-3/h5-8,16H,4,9H2,1-3H3. The van der Waals surface area contributed by atoms with Gasteiger partial charge in [-0.25, -0.2) is 0 Å². The van der Waals surface area contributed by atoms with E-state index >= 15 is 0 Å². The van der Waals surface area contributed by atoms with Crippen LogP contribution in [0.4, 0.5) is 8.78 Å². The quantitative estimate of drug-likeness (QED) is 0.691. The molecule has 6 nitrogen and oxygen atoms in total. The molecule has 136 valence electrons. The number of aromatic nitrogens is 2. The molecule has 9 heteroatoms. The Morgan fingerprint density at radius 2 is 2.12 bits per heavy atom. The molecule has 0 saturated heterocycles. The summed E-state index contributed by atoms with van der Waals surface area (Å²) in [5.41, 5.74) is 1.02. The maximum Gasteiger partial charge on any atom is 0.387 e. The van der Waals surface area contributed by atoms with Crippen LogP contribution in [0.25, 0.3) is 0 Å². The lowest BCUT2D eigenvalue weighted by Crippen LogP contribution is -2.26. The molecule has 2 aromatic rings. The zero-order valence-corrected chi connectivity index (χ0v) is 15.6. The predicted molar refractivity (Wildman–Crippen MR) is 91.0 cm³/mol. The van der Waals surface area contributed by atoms with E-state index in [2.05, 4.69) is 25.8 Å². The van der Waals surface area contributed by atoms with E-state index in [9.17, 15) is 13.6 Å². The third-order valence-corrected chi connectivity index (χ3v) is 4.13. The van der Waals surface area contributed by atoms with E-state index in [0.29, 0.717) is 12.1 Å². The average molecular weight is 418 g/mol. The number of halogens is 3. The van der Waals surface area contributed by atoms with Gasteiger partial charge in [0, 0.05) is 25.4 Å². The minimum Gasteiger partial charge on any atom is -0.493 e. The molecule has 0 unspecified atom stereocenters. The van der Waals surface area contributed by atoms with Gasteiger partial charge in [0.05, 0.1) is 23.8 Å². The maximum atomic E-state index is 12.6. The summed E-state index contributed by atoms with van der Waals surface area (Å²) in [6.07, 6.45) is 1.84. The number of carbonyl (C=O) groups excluding carboxylic acids is 1. The van der Waals surface area contributed by atoms with Crippen LogP contribution in [0.3, 0.4) is 0 Å². The topological polar surface area (TPSA) is 56.6 Å². The molecule has 0 saturated carbocycles. The Balaban J connectivity index is 2.17. The third kappa shape index (κ3) is 4.68. The fourth-order valence-corrected chi connectivity index (χ4v) is 2.66. The van der Waals surface area contributed by atoms with Gasteiger partial charge in [-0.2, -0.15) is 13.9 Å². The number of amides is 1. The van der Waals surface area contributed by atoms with Crippen LogP contribution in [-0.4, -0.2) is 41.4 Å². The number of carbonyl (C=O) groups is 1. The number of hydrogen-bond acceptors (Lipinski definition) is 4. The molecule has 0 N–H and O–H groups in total. The van der Waals surface area contributed by atoms with Crippen molar-refractivity contribution in [2.75, 3.05) is 14.2 Å². The number of methoxy groups -OCH3 is 1. The SMILES string of the molecule is CCn1cc(Br)c(CN(C)C(=O)c2ccc(OC(F)F)c(OC)c2)n1. The second kappa shape index (κ2) is 8.28. The first-order valence-electron chi connectivity index (χ1n) is 7.45. The molecule has 0 aliphatic carbocycles. The Kier molecular flexibility index (Phi) is 6.35. The summed E-state index contributed by atoms with van der Waals surface area (Å²) < 4.78 is 36.7. The number of ether oxygens (including phenoxy) is 2. The highest BCUT2D eigenvalue weighted by atomic mass is 79.9. The van der Waals surface area contributed by atoms with Gasteiger partial charge >= 0.3 is 6.61 Å². The van der Waals surface area contributed by atoms with Crippen molar-refractivity contribution in [3.05, 3.63) is 40.1 Å². The van der Waals surface area contributed by atoms with E-state index in [0.717, 1.165) is 16.7 Å². The first-order valence-corrected chi connectivity index (χ1v) is 8.25. The van der Waals surface area contributed by atoms with Crippen molar-refractivity contribution < 1.29 is 23.0 Å². The Hall–Kier alpha value is -2.16. The lowest BCUT2D eigenvalue weighted by Gasteiger charge is -2.17. The molecule has 2 rings (SSSR count). The second-order valence-electron chi connectivity index (χ2n) is 5.18. The molecular formula is C16H18BrF2N3O3. The van der Waals surface area contributed by atoms with Crippen molar-refractivity contribution in [3.63, 3.8) is 0 Å². The van der Waals surface area contributed by atoms with Gasteiger partial charge in [-0.1, -0.05) is 0 Å². The van der Waals surface area contributed by atoms with E-state index in [-0.39, 0.29) is 17.4 Å². The zero-order chi connectivity index (χ0) is 18.6. The lowest BCUT2D eigenvalue weighted by molar-refractivity contribution is -0.0512. The van der Waals surface area contributed by atoms with E-state index in [4.69, 9.17) is 4.74 Å². The summed E-state index contributed by atoms with van der Waals surface area (Å²) in [7, 11) is 2.95. The van der Waals surface area contributed by atoms with Gasteiger partial charge < -0.3 is 14.4 Å². The third-order valence-electron chi connectivity index (χ3n) is 3.47. The Morgan fingerprint density at radius 1 is 1.40 bits per heavy atom. The molecular weight excluding hydrogens is 400 g/mol. The molecule has 0 spiro atoms. The van der Waals surface area contributed by atoms with Gasteiger partial charge in [0.15, 0.2) is 11.5 Å². The summed E-state index contributed by atoms with van der Waals surface area (Å²) in [6.45, 7) is 0.0142. The van der Waals surface area contributed by atoms with Crippen molar-refractivity contribution in [1.82, 2.24) is 14.7 Å². The summed E-state index contributed by atoms with van der Waals surface area (Å²) in [5.74, 6) is -0.350. The van der Waals surface area contributed by atoms with E-state index in [1.54, 1.807) is 11.7 Å². The fraction of sp³-hybridized carbons (Fsp3) is 0.375. The van der Waals surface area contributed by atoms with Crippen LogP contribution >= 0.6 is 15.9 Å². The van der Waals surface area contributed by atoms with Crippen LogP contribution < -0.4 is 9.47 Å². The first kappa shape index (κ1) is 19.2. The summed E-state index contributed by atoms with van der Waals surface area (Å²) in [6, 6.07) is 4.07. The number of benzene rings is 1. The van der Waals surface area contributed by atoms with Crippen molar-refractivity contribution >= 4 is 21.8 Å². The molecule has 0 bridgehead atoms. The average Bonchev–Trinajstić information content (AvgIpc) is 2.94. The molecule has 1 aromatic heterocycles. The summed E-state index contributed by atoms with van der Waals surface area (Å²) >= 11 is 3.42. The van der Waals surface area contributed by atoms with Gasteiger partial charge in [-0.3, -0.25) is 9.48 Å². The molecule has 0 aliphatic rings. The molecule has 1 aromatic carbocycles. The van der Waals surface area contributed by atoms with Gasteiger partial charge in [-0.05, 0) is 41.1 Å². The van der Waals surface area contributed by atoms with Crippen LogP contribution in [0.1, 0.15) is 23.0 Å². The number of rotatable bonds is 7. The normalized spacial score (nSPS) is 10.8. The summed E-state index contributed by atoms with van der Waals surface area (Å²) in [5, 5.41) is 4.37. The second-order valence-corrected chi connectivity index (χ2v) is 6.04.